The van der Waals surface area contributed by atoms with Crippen molar-refractivity contribution in [3.8, 4) is 0 Å². The van der Waals surface area contributed by atoms with Crippen LogP contribution in [0.5, 0.6) is 0 Å². The minimum absolute atomic E-state index is 0.815. The van der Waals surface area contributed by atoms with E-state index in [2.05, 4.69) is 36.0 Å². The molecule has 2 rings (SSSR count). The van der Waals surface area contributed by atoms with Crippen LogP contribution in [0, 0.1) is 5.92 Å². The molecule has 3 heteroatoms. The fourth-order valence-corrected chi connectivity index (χ4v) is 2.65. The molecular weight excluding hydrogens is 210 g/mol. The van der Waals surface area contributed by atoms with Crippen molar-refractivity contribution >= 4 is 5.69 Å². The highest BCUT2D eigenvalue weighted by Gasteiger charge is 2.20. The van der Waals surface area contributed by atoms with E-state index in [0.29, 0.717) is 0 Å². The highest BCUT2D eigenvalue weighted by molar-refractivity contribution is 5.46. The monoisotopic (exact) mass is 233 g/mol. The zero-order valence-corrected chi connectivity index (χ0v) is 10.9. The number of rotatable bonds is 4. The SMILES string of the molecule is CN1CCC(CN(C)Cc2ccccc2N)C1. The second-order valence-corrected chi connectivity index (χ2v) is 5.31. The van der Waals surface area contributed by atoms with Gasteiger partial charge in [0.15, 0.2) is 0 Å². The molecule has 1 aliphatic rings. The maximum Gasteiger partial charge on any atom is 0.0359 e. The van der Waals surface area contributed by atoms with E-state index >= 15 is 0 Å². The first-order valence-electron chi connectivity index (χ1n) is 6.35. The molecule has 1 atom stereocenters. The number of nitrogens with zero attached hydrogens (tertiary/aromatic N) is 2. The van der Waals surface area contributed by atoms with Crippen LogP contribution < -0.4 is 5.73 Å². The topological polar surface area (TPSA) is 32.5 Å². The normalized spacial score (nSPS) is 21.2. The van der Waals surface area contributed by atoms with Crippen LogP contribution in [0.1, 0.15) is 12.0 Å². The van der Waals surface area contributed by atoms with Gasteiger partial charge in [-0.05, 0) is 44.6 Å². The van der Waals surface area contributed by atoms with Crippen molar-refractivity contribution in [3.05, 3.63) is 29.8 Å². The van der Waals surface area contributed by atoms with Gasteiger partial charge in [0.2, 0.25) is 0 Å². The minimum Gasteiger partial charge on any atom is -0.398 e. The van der Waals surface area contributed by atoms with Crippen LogP contribution in [-0.2, 0) is 6.54 Å². The second-order valence-electron chi connectivity index (χ2n) is 5.31. The van der Waals surface area contributed by atoms with Gasteiger partial charge in [-0.25, -0.2) is 0 Å². The molecule has 0 amide bonds. The van der Waals surface area contributed by atoms with Gasteiger partial charge in [-0.15, -0.1) is 0 Å². The average Bonchev–Trinajstić information content (AvgIpc) is 2.67. The molecule has 1 aromatic carbocycles. The van der Waals surface area contributed by atoms with E-state index in [-0.39, 0.29) is 0 Å². The van der Waals surface area contributed by atoms with Gasteiger partial charge in [0.25, 0.3) is 0 Å². The molecule has 1 fully saturated rings. The molecule has 1 aliphatic heterocycles. The number of para-hydroxylation sites is 1. The Labute approximate surface area is 104 Å². The number of anilines is 1. The zero-order chi connectivity index (χ0) is 12.3. The van der Waals surface area contributed by atoms with E-state index in [9.17, 15) is 0 Å². The minimum atomic E-state index is 0.815. The summed E-state index contributed by atoms with van der Waals surface area (Å²) in [6.45, 7) is 4.59. The van der Waals surface area contributed by atoms with E-state index in [1.54, 1.807) is 0 Å². The molecule has 0 spiro atoms. The van der Waals surface area contributed by atoms with Gasteiger partial charge in [-0.1, -0.05) is 18.2 Å². The number of benzene rings is 1. The quantitative estimate of drug-likeness (QED) is 0.803. The first-order chi connectivity index (χ1) is 8.15. The Bertz CT molecular complexity index is 364. The van der Waals surface area contributed by atoms with Crippen LogP contribution in [0.4, 0.5) is 5.69 Å². The molecule has 1 saturated heterocycles. The molecule has 17 heavy (non-hydrogen) atoms. The smallest absolute Gasteiger partial charge is 0.0359 e. The Morgan fingerprint density at radius 2 is 2.18 bits per heavy atom. The molecular formula is C14H23N3. The summed E-state index contributed by atoms with van der Waals surface area (Å²) in [6, 6.07) is 8.15. The third-order valence-corrected chi connectivity index (χ3v) is 3.55. The van der Waals surface area contributed by atoms with Crippen molar-refractivity contribution in [1.29, 1.82) is 0 Å². The molecule has 2 N–H and O–H groups in total. The largest absolute Gasteiger partial charge is 0.398 e. The summed E-state index contributed by atoms with van der Waals surface area (Å²) >= 11 is 0. The van der Waals surface area contributed by atoms with Crippen molar-refractivity contribution in [2.75, 3.05) is 39.5 Å². The first-order valence-corrected chi connectivity index (χ1v) is 6.35. The second kappa shape index (κ2) is 5.52. The van der Waals surface area contributed by atoms with Crippen molar-refractivity contribution < 1.29 is 0 Å². The Morgan fingerprint density at radius 3 is 2.82 bits per heavy atom. The van der Waals surface area contributed by atoms with Crippen molar-refractivity contribution in [2.24, 2.45) is 5.92 Å². The van der Waals surface area contributed by atoms with E-state index in [0.717, 1.165) is 18.2 Å². The Hall–Kier alpha value is -1.06. The van der Waals surface area contributed by atoms with Crippen LogP contribution in [0.3, 0.4) is 0 Å². The molecule has 1 unspecified atom stereocenters. The van der Waals surface area contributed by atoms with Crippen LogP contribution in [-0.4, -0.2) is 43.5 Å². The van der Waals surface area contributed by atoms with Gasteiger partial charge in [-0.2, -0.15) is 0 Å². The van der Waals surface area contributed by atoms with E-state index in [1.165, 1.54) is 31.6 Å². The van der Waals surface area contributed by atoms with Crippen LogP contribution >= 0.6 is 0 Å². The zero-order valence-electron chi connectivity index (χ0n) is 10.9. The van der Waals surface area contributed by atoms with Gasteiger partial charge >= 0.3 is 0 Å². The summed E-state index contributed by atoms with van der Waals surface area (Å²) in [5.74, 6) is 0.815. The molecule has 0 bridgehead atoms. The molecule has 0 aliphatic carbocycles. The molecule has 0 saturated carbocycles. The lowest BCUT2D eigenvalue weighted by molar-refractivity contribution is 0.267. The third kappa shape index (κ3) is 3.45. The molecule has 94 valence electrons. The highest BCUT2D eigenvalue weighted by Crippen LogP contribution is 2.18. The molecule has 0 aromatic heterocycles. The van der Waals surface area contributed by atoms with Crippen LogP contribution in [0.2, 0.25) is 0 Å². The van der Waals surface area contributed by atoms with Crippen LogP contribution in [0.25, 0.3) is 0 Å². The lowest BCUT2D eigenvalue weighted by Gasteiger charge is -2.21. The summed E-state index contributed by atoms with van der Waals surface area (Å²) in [5, 5.41) is 0. The lowest BCUT2D eigenvalue weighted by atomic mass is 10.1. The number of hydrogen-bond acceptors (Lipinski definition) is 3. The highest BCUT2D eigenvalue weighted by atomic mass is 15.1. The maximum absolute atomic E-state index is 5.96. The first kappa shape index (κ1) is 12.4. The third-order valence-electron chi connectivity index (χ3n) is 3.55. The molecule has 3 nitrogen and oxygen atoms in total. The summed E-state index contributed by atoms with van der Waals surface area (Å²) in [7, 11) is 4.39. The summed E-state index contributed by atoms with van der Waals surface area (Å²) in [4.78, 5) is 4.80. The maximum atomic E-state index is 5.96. The Balaban J connectivity index is 1.85. The van der Waals surface area contributed by atoms with Gasteiger partial charge in [-0.3, -0.25) is 0 Å². The number of nitrogen functional groups attached to an aromatic ring is 1. The Kier molecular flexibility index (Phi) is 4.02. The van der Waals surface area contributed by atoms with Crippen molar-refractivity contribution in [2.45, 2.75) is 13.0 Å². The molecule has 1 heterocycles. The standard InChI is InChI=1S/C14H23N3/c1-16-8-7-12(9-16)10-17(2)11-13-5-3-4-6-14(13)15/h3-6,12H,7-11,15H2,1-2H3. The van der Waals surface area contributed by atoms with Gasteiger partial charge in [0.05, 0.1) is 0 Å². The number of likely N-dealkylation sites (tertiary alicyclic amines) is 1. The molecule has 0 radical (unpaired) electrons. The fourth-order valence-electron chi connectivity index (χ4n) is 2.65. The van der Waals surface area contributed by atoms with Crippen LogP contribution in [0.15, 0.2) is 24.3 Å². The van der Waals surface area contributed by atoms with Gasteiger partial charge in [0.1, 0.15) is 0 Å². The van der Waals surface area contributed by atoms with E-state index in [4.69, 9.17) is 5.73 Å². The summed E-state index contributed by atoms with van der Waals surface area (Å²) < 4.78 is 0. The number of nitrogens with two attached hydrogens (primary N) is 1. The van der Waals surface area contributed by atoms with Gasteiger partial charge < -0.3 is 15.5 Å². The van der Waals surface area contributed by atoms with Gasteiger partial charge in [0, 0.05) is 25.3 Å². The Morgan fingerprint density at radius 1 is 1.41 bits per heavy atom. The van der Waals surface area contributed by atoms with E-state index < -0.39 is 0 Å². The lowest BCUT2D eigenvalue weighted by Crippen LogP contribution is -2.27. The van der Waals surface area contributed by atoms with Crippen molar-refractivity contribution in [3.63, 3.8) is 0 Å². The summed E-state index contributed by atoms with van der Waals surface area (Å²) in [6.07, 6.45) is 1.32. The predicted molar refractivity (Wildman–Crippen MR) is 72.8 cm³/mol. The molecule has 1 aromatic rings. The fraction of sp³-hybridized carbons (Fsp3) is 0.571. The number of hydrogen-bond donors (Lipinski definition) is 1. The van der Waals surface area contributed by atoms with E-state index in [1.807, 2.05) is 12.1 Å². The average molecular weight is 233 g/mol. The van der Waals surface area contributed by atoms with Crippen molar-refractivity contribution in [1.82, 2.24) is 9.80 Å². The predicted octanol–water partition coefficient (Wildman–Crippen LogP) is 1.65. The summed E-state index contributed by atoms with van der Waals surface area (Å²) in [5.41, 5.74) is 8.11.